The van der Waals surface area contributed by atoms with E-state index in [2.05, 4.69) is 63.6 Å². The van der Waals surface area contributed by atoms with Crippen LogP contribution in [0.15, 0.2) is 170 Å². The molecule has 0 fully saturated rings. The zero-order chi connectivity index (χ0) is 54.9. The fraction of sp³-hybridized carbons (Fsp3) is 0.138. The summed E-state index contributed by atoms with van der Waals surface area (Å²) in [5.41, 5.74) is 14.6. The first-order valence-corrected chi connectivity index (χ1v) is 25.0. The smallest absolute Gasteiger partial charge is 0.343 e. The van der Waals surface area contributed by atoms with E-state index in [4.69, 9.17) is 36.3 Å². The molecule has 0 aliphatic carbocycles. The van der Waals surface area contributed by atoms with Crippen molar-refractivity contribution in [3.05, 3.63) is 225 Å². The van der Waals surface area contributed by atoms with Gasteiger partial charge in [0.05, 0.1) is 16.7 Å². The average molecular weight is 1060 g/mol. The number of carbonyl (C=O) groups is 2. The number of carbonyl (C=O) groups excluding carboxylic acids is 2. The van der Waals surface area contributed by atoms with E-state index in [1.807, 2.05) is 86.6 Å². The zero-order valence-electron chi connectivity index (χ0n) is 43.8. The maximum atomic E-state index is 12.4. The summed E-state index contributed by atoms with van der Waals surface area (Å²) in [6, 6.07) is 50.8. The number of phenols is 3. The predicted molar refractivity (Wildman–Crippen MR) is 310 cm³/mol. The molecule has 0 bridgehead atoms. The number of halogens is 1. The number of esters is 1. The lowest BCUT2D eigenvalue weighted by molar-refractivity contribution is 0.0734. The molecule has 0 aliphatic heterocycles. The fourth-order valence-electron chi connectivity index (χ4n) is 7.81. The second-order valence-corrected chi connectivity index (χ2v) is 18.9. The minimum absolute atomic E-state index is 0. The molecule has 0 saturated carbocycles. The van der Waals surface area contributed by atoms with Crippen LogP contribution in [0.1, 0.15) is 72.7 Å². The number of aromatic nitrogens is 6. The van der Waals surface area contributed by atoms with Gasteiger partial charge in [0, 0.05) is 39.9 Å². The van der Waals surface area contributed by atoms with E-state index in [0.29, 0.717) is 57.2 Å². The number of benzene rings is 8. The number of phenolic OH excluding ortho intramolecular Hbond substituents is 3. The van der Waals surface area contributed by atoms with Crippen molar-refractivity contribution in [3.63, 3.8) is 0 Å². The van der Waals surface area contributed by atoms with Crippen molar-refractivity contribution in [1.29, 1.82) is 0 Å². The molecule has 2 aromatic heterocycles. The summed E-state index contributed by atoms with van der Waals surface area (Å²) in [6.07, 6.45) is 0. The number of hydrogen-bond donors (Lipinski definition) is 3. The molecule has 3 N–H and O–H groups in total. The highest BCUT2D eigenvalue weighted by atomic mass is 35.5. The Kier molecular flexibility index (Phi) is 18.0. The Hall–Kier alpha value is -9.39. The normalized spacial score (nSPS) is 10.5. The van der Waals surface area contributed by atoms with Crippen molar-refractivity contribution in [2.75, 3.05) is 0 Å². The minimum atomic E-state index is -0.507. The summed E-state index contributed by atoms with van der Waals surface area (Å²) in [7, 11) is 0. The van der Waals surface area contributed by atoms with Crippen LogP contribution in [-0.4, -0.2) is 56.4 Å². The molecule has 10 rings (SSSR count). The summed E-state index contributed by atoms with van der Waals surface area (Å²) >= 11 is 5.16. The standard InChI is InChI=1S/C32H27N3O3.C25H23N3O2.C7H5ClO.CH4/c1-19-10-12-24(16-21(19)3)29-33-30(25-13-11-20(2)22(4)17-25)35-31(34-29)27-15-14-26(18-28(27)36)38-32(37)23-8-6-5-7-9-23;1-14-5-7-18(11-16(14)3)23-26-24(19-8-6-15(2)17(4)12-19)28-25(27-23)21-10-9-20(29)13-22(21)30;8-7(9)6-4-2-1-3-5-6;/h5-18,36H,1-4H3;5-13,29-30H,1-4H3;1-5H;1H4. The van der Waals surface area contributed by atoms with Crippen molar-refractivity contribution >= 4 is 22.8 Å². The molecule has 0 spiro atoms. The lowest BCUT2D eigenvalue weighted by Gasteiger charge is -2.12. The van der Waals surface area contributed by atoms with E-state index in [-0.39, 0.29) is 30.4 Å². The molecule has 0 amide bonds. The summed E-state index contributed by atoms with van der Waals surface area (Å²) in [6.45, 7) is 16.4. The third-order valence-electron chi connectivity index (χ3n) is 13.0. The molecular weight excluding hydrogens is 996 g/mol. The van der Waals surface area contributed by atoms with Crippen LogP contribution in [-0.2, 0) is 0 Å². The van der Waals surface area contributed by atoms with Gasteiger partial charge in [-0.3, -0.25) is 4.79 Å². The number of aromatic hydroxyl groups is 3. The first-order chi connectivity index (χ1) is 36.9. The van der Waals surface area contributed by atoms with Crippen LogP contribution in [0.25, 0.3) is 68.3 Å². The number of aryl methyl sites for hydroxylation is 8. The maximum Gasteiger partial charge on any atom is 0.343 e. The molecule has 0 aliphatic rings. The van der Waals surface area contributed by atoms with E-state index in [0.717, 1.165) is 44.5 Å². The van der Waals surface area contributed by atoms with Crippen molar-refractivity contribution < 1.29 is 29.6 Å². The van der Waals surface area contributed by atoms with E-state index in [9.17, 15) is 24.9 Å². The van der Waals surface area contributed by atoms with Crippen LogP contribution in [0, 0.1) is 55.4 Å². The SMILES string of the molecule is C.Cc1ccc(-c2nc(-c3ccc(C)c(C)c3)nc(-c3ccc(O)cc3O)n2)cc1C.Cc1ccc(-c2nc(-c3ccc(C)c(C)c3)nc(-c3ccc(OC(=O)c4ccccc4)cc3O)n2)cc1C.O=C(Cl)c1ccccc1. The van der Waals surface area contributed by atoms with Crippen LogP contribution in [0.3, 0.4) is 0 Å². The highest BCUT2D eigenvalue weighted by Gasteiger charge is 2.19. The molecule has 0 atom stereocenters. The first-order valence-electron chi connectivity index (χ1n) is 24.6. The molecule has 0 radical (unpaired) electrons. The lowest BCUT2D eigenvalue weighted by Crippen LogP contribution is -2.08. The van der Waals surface area contributed by atoms with Crippen LogP contribution in [0.2, 0.25) is 0 Å². The van der Waals surface area contributed by atoms with Gasteiger partial charge in [-0.25, -0.2) is 34.7 Å². The Bertz CT molecular complexity index is 3670. The zero-order valence-corrected chi connectivity index (χ0v) is 44.5. The molecule has 2 heterocycles. The molecule has 13 heteroatoms. The van der Waals surface area contributed by atoms with Gasteiger partial charge in [0.25, 0.3) is 5.24 Å². The van der Waals surface area contributed by atoms with Crippen LogP contribution in [0.4, 0.5) is 0 Å². The number of rotatable bonds is 9. The summed E-state index contributed by atoms with van der Waals surface area (Å²) in [5.74, 6) is 2.25. The Balaban J connectivity index is 0.000000196. The number of hydrogen-bond acceptors (Lipinski definition) is 12. The molecule has 8 aromatic carbocycles. The van der Waals surface area contributed by atoms with Gasteiger partial charge in [-0.15, -0.1) is 0 Å². The van der Waals surface area contributed by atoms with Crippen molar-refractivity contribution in [1.82, 2.24) is 29.9 Å². The molecule has 392 valence electrons. The molecular formula is C65H59ClN6O6. The second-order valence-electron chi connectivity index (χ2n) is 18.6. The maximum absolute atomic E-state index is 12.4. The fourth-order valence-corrected chi connectivity index (χ4v) is 7.94. The van der Waals surface area contributed by atoms with Crippen molar-refractivity contribution in [2.24, 2.45) is 0 Å². The van der Waals surface area contributed by atoms with Gasteiger partial charge in [0.15, 0.2) is 34.9 Å². The van der Waals surface area contributed by atoms with Crippen LogP contribution >= 0.6 is 11.6 Å². The third kappa shape index (κ3) is 13.7. The van der Waals surface area contributed by atoms with Gasteiger partial charge in [0.2, 0.25) is 0 Å². The van der Waals surface area contributed by atoms with E-state index >= 15 is 0 Å². The van der Waals surface area contributed by atoms with Crippen LogP contribution in [0.5, 0.6) is 23.0 Å². The Morgan fingerprint density at radius 1 is 0.372 bits per heavy atom. The quantitative estimate of drug-likeness (QED) is 0.0708. The molecule has 0 saturated heterocycles. The monoisotopic (exact) mass is 1050 g/mol. The van der Waals surface area contributed by atoms with Crippen molar-refractivity contribution in [2.45, 2.75) is 62.8 Å². The van der Waals surface area contributed by atoms with Crippen LogP contribution < -0.4 is 4.74 Å². The predicted octanol–water partition coefficient (Wildman–Crippen LogP) is 15.3. The largest absolute Gasteiger partial charge is 0.508 e. The van der Waals surface area contributed by atoms with Gasteiger partial charge < -0.3 is 20.1 Å². The Morgan fingerprint density at radius 2 is 0.705 bits per heavy atom. The summed E-state index contributed by atoms with van der Waals surface area (Å²) in [4.78, 5) is 51.1. The van der Waals surface area contributed by atoms with E-state index < -0.39 is 11.2 Å². The second kappa shape index (κ2) is 25.0. The number of nitrogens with zero attached hydrogens (tertiary/aromatic N) is 6. The first kappa shape index (κ1) is 56.3. The average Bonchev–Trinajstić information content (AvgIpc) is 3.49. The van der Waals surface area contributed by atoms with E-state index in [1.54, 1.807) is 66.7 Å². The topological polar surface area (TPSA) is 181 Å². The molecule has 0 unspecified atom stereocenters. The number of ether oxygens (including phenoxy) is 1. The minimum Gasteiger partial charge on any atom is -0.508 e. The van der Waals surface area contributed by atoms with Gasteiger partial charge >= 0.3 is 5.97 Å². The molecule has 78 heavy (non-hydrogen) atoms. The van der Waals surface area contributed by atoms with Gasteiger partial charge in [-0.1, -0.05) is 104 Å². The summed E-state index contributed by atoms with van der Waals surface area (Å²) in [5, 5.41) is 30.5. The lowest BCUT2D eigenvalue weighted by atomic mass is 10.0. The van der Waals surface area contributed by atoms with Gasteiger partial charge in [0.1, 0.15) is 23.0 Å². The molecule has 10 aromatic rings. The molecule has 12 nitrogen and oxygen atoms in total. The summed E-state index contributed by atoms with van der Waals surface area (Å²) < 4.78 is 5.45. The van der Waals surface area contributed by atoms with Gasteiger partial charge in [-0.2, -0.15) is 0 Å². The van der Waals surface area contributed by atoms with Gasteiger partial charge in [-0.05, 0) is 172 Å². The van der Waals surface area contributed by atoms with E-state index in [1.165, 1.54) is 40.5 Å². The third-order valence-corrected chi connectivity index (χ3v) is 13.2. The highest BCUT2D eigenvalue weighted by molar-refractivity contribution is 6.67. The van der Waals surface area contributed by atoms with Crippen molar-refractivity contribution in [3.8, 4) is 91.3 Å². The highest BCUT2D eigenvalue weighted by Crippen LogP contribution is 2.35. The Morgan fingerprint density at radius 3 is 1.03 bits per heavy atom. The Labute approximate surface area is 459 Å².